The molecule has 148 valence electrons. The second kappa shape index (κ2) is 6.77. The van der Waals surface area contributed by atoms with E-state index in [2.05, 4.69) is 10.6 Å². The van der Waals surface area contributed by atoms with Crippen LogP contribution in [-0.2, 0) is 33.9 Å². The Morgan fingerprint density at radius 3 is 2.46 bits per heavy atom. The van der Waals surface area contributed by atoms with Gasteiger partial charge in [-0.15, -0.1) is 0 Å². The van der Waals surface area contributed by atoms with Crippen molar-refractivity contribution in [2.75, 3.05) is 0 Å². The van der Waals surface area contributed by atoms with Crippen LogP contribution in [0.15, 0.2) is 12.1 Å². The van der Waals surface area contributed by atoms with Crippen LogP contribution in [0.5, 0.6) is 0 Å². The van der Waals surface area contributed by atoms with E-state index in [1.165, 1.54) is 0 Å². The Kier molecular flexibility index (Phi) is 4.53. The van der Waals surface area contributed by atoms with Gasteiger partial charge in [0.1, 0.15) is 5.54 Å². The highest BCUT2D eigenvalue weighted by atomic mass is 35.5. The number of nitrogens with one attached hydrogen (secondary N) is 2. The number of nitrogens with two attached hydrogens (primary N) is 1. The molecule has 2 fully saturated rings. The van der Waals surface area contributed by atoms with Crippen molar-refractivity contribution in [3.05, 3.63) is 33.8 Å². The predicted molar refractivity (Wildman–Crippen MR) is 100.0 cm³/mol. The molecule has 4 rings (SSSR count). The molecule has 1 aromatic carbocycles. The number of halogens is 1. The van der Waals surface area contributed by atoms with Crippen LogP contribution in [0.4, 0.5) is 4.79 Å². The van der Waals surface area contributed by atoms with Gasteiger partial charge in [0.2, 0.25) is 11.8 Å². The molecule has 9 heteroatoms. The summed E-state index contributed by atoms with van der Waals surface area (Å²) < 4.78 is 0. The molecule has 4 N–H and O–H groups in total. The van der Waals surface area contributed by atoms with E-state index in [1.54, 1.807) is 11.0 Å². The van der Waals surface area contributed by atoms with Crippen molar-refractivity contribution in [3.63, 3.8) is 0 Å². The molecule has 1 saturated heterocycles. The molecule has 3 aliphatic rings. The van der Waals surface area contributed by atoms with Crippen molar-refractivity contribution in [1.82, 2.24) is 15.5 Å². The molecule has 8 nitrogen and oxygen atoms in total. The second-order valence-electron chi connectivity index (χ2n) is 7.76. The Hall–Kier alpha value is -2.61. The molecular formula is C19H21ClN4O4. The number of benzene rings is 1. The summed E-state index contributed by atoms with van der Waals surface area (Å²) >= 11 is 6.22. The zero-order chi connectivity index (χ0) is 20.1. The van der Waals surface area contributed by atoms with Crippen LogP contribution in [0.25, 0.3) is 0 Å². The Balaban J connectivity index is 1.42. The van der Waals surface area contributed by atoms with Gasteiger partial charge in [0.25, 0.3) is 5.91 Å². The molecule has 1 unspecified atom stereocenters. The predicted octanol–water partition coefficient (Wildman–Crippen LogP) is 0.978. The van der Waals surface area contributed by atoms with Gasteiger partial charge >= 0.3 is 6.03 Å². The fraction of sp³-hybridized carbons (Fsp3) is 0.474. The van der Waals surface area contributed by atoms with E-state index in [9.17, 15) is 19.2 Å². The number of primary amides is 1. The highest BCUT2D eigenvalue weighted by Crippen LogP contribution is 2.44. The third kappa shape index (κ3) is 3.32. The molecular weight excluding hydrogens is 384 g/mol. The Labute approximate surface area is 166 Å². The largest absolute Gasteiger partial charge is 0.369 e. The molecule has 0 bridgehead atoms. The fourth-order valence-electron chi connectivity index (χ4n) is 4.18. The van der Waals surface area contributed by atoms with Crippen LogP contribution in [-0.4, -0.2) is 34.2 Å². The van der Waals surface area contributed by atoms with Crippen molar-refractivity contribution >= 4 is 35.4 Å². The van der Waals surface area contributed by atoms with Crippen molar-refractivity contribution in [1.29, 1.82) is 0 Å². The molecule has 1 saturated carbocycles. The lowest BCUT2D eigenvalue weighted by atomic mass is 9.88. The minimum Gasteiger partial charge on any atom is -0.369 e. The Bertz CT molecular complexity index is 898. The maximum absolute atomic E-state index is 12.8. The smallest absolute Gasteiger partial charge is 0.322 e. The number of fused-ring (bicyclic) bond motifs is 1. The van der Waals surface area contributed by atoms with E-state index < -0.39 is 17.5 Å². The summed E-state index contributed by atoms with van der Waals surface area (Å²) in [4.78, 5) is 49.5. The van der Waals surface area contributed by atoms with Gasteiger partial charge in [-0.05, 0) is 47.9 Å². The van der Waals surface area contributed by atoms with Crippen molar-refractivity contribution < 1.29 is 19.2 Å². The van der Waals surface area contributed by atoms with Crippen LogP contribution >= 0.6 is 11.6 Å². The number of hydrogen-bond acceptors (Lipinski definition) is 4. The summed E-state index contributed by atoms with van der Waals surface area (Å²) in [5.41, 5.74) is 6.83. The van der Waals surface area contributed by atoms with Gasteiger partial charge in [0, 0.05) is 24.5 Å². The summed E-state index contributed by atoms with van der Waals surface area (Å²) in [5, 5.41) is 5.50. The molecule has 1 aromatic rings. The zero-order valence-electron chi connectivity index (χ0n) is 15.2. The minimum atomic E-state index is -0.961. The fourth-order valence-corrected chi connectivity index (χ4v) is 4.44. The van der Waals surface area contributed by atoms with Crippen LogP contribution in [0.3, 0.4) is 0 Å². The van der Waals surface area contributed by atoms with Crippen LogP contribution in [0.1, 0.15) is 42.4 Å². The topological polar surface area (TPSA) is 122 Å². The van der Waals surface area contributed by atoms with E-state index in [0.29, 0.717) is 23.7 Å². The lowest BCUT2D eigenvalue weighted by molar-refractivity contribution is -0.133. The highest BCUT2D eigenvalue weighted by Gasteiger charge is 2.55. The van der Waals surface area contributed by atoms with Gasteiger partial charge in [0.05, 0.1) is 6.42 Å². The minimum absolute atomic E-state index is 0.0543. The number of rotatable bonds is 6. The summed E-state index contributed by atoms with van der Waals surface area (Å²) in [6, 6.07) is 3.11. The molecule has 2 heterocycles. The number of carbonyl (C=O) groups is 4. The second-order valence-corrected chi connectivity index (χ2v) is 8.17. The third-order valence-corrected chi connectivity index (χ3v) is 6.14. The first kappa shape index (κ1) is 18.7. The molecule has 1 atom stereocenters. The van der Waals surface area contributed by atoms with Crippen LogP contribution in [0, 0.1) is 5.92 Å². The first-order valence-electron chi connectivity index (χ1n) is 9.28. The molecule has 0 spiro atoms. The molecule has 28 heavy (non-hydrogen) atoms. The standard InChI is InChI=1S/C19H21ClN4O4/c20-14-6-12-9-24(8-11(12)5-10(14)7-15(21)25)16(26)3-4-19(13-1-2-13)17(27)22-18(28)23-19/h5-6,13H,1-4,7-9H2,(H2,21,25)(H2,22,23,27,28). The van der Waals surface area contributed by atoms with Gasteiger partial charge in [-0.1, -0.05) is 17.7 Å². The quantitative estimate of drug-likeness (QED) is 0.611. The summed E-state index contributed by atoms with van der Waals surface area (Å²) in [5.74, 6) is -0.786. The van der Waals surface area contributed by atoms with E-state index in [1.807, 2.05) is 6.07 Å². The van der Waals surface area contributed by atoms with E-state index in [0.717, 1.165) is 24.0 Å². The molecule has 0 radical (unpaired) electrons. The maximum atomic E-state index is 12.8. The first-order chi connectivity index (χ1) is 13.3. The first-order valence-corrected chi connectivity index (χ1v) is 9.66. The Morgan fingerprint density at radius 2 is 1.89 bits per heavy atom. The zero-order valence-corrected chi connectivity index (χ0v) is 16.0. The summed E-state index contributed by atoms with van der Waals surface area (Å²) in [6.45, 7) is 0.853. The third-order valence-electron chi connectivity index (χ3n) is 5.78. The molecule has 2 aliphatic heterocycles. The van der Waals surface area contributed by atoms with E-state index in [4.69, 9.17) is 17.3 Å². The van der Waals surface area contributed by atoms with Crippen molar-refractivity contribution in [2.24, 2.45) is 11.7 Å². The molecule has 5 amide bonds. The number of carbonyl (C=O) groups excluding carboxylic acids is 4. The normalized spacial score (nSPS) is 23.4. The van der Waals surface area contributed by atoms with E-state index in [-0.39, 0.29) is 37.0 Å². The van der Waals surface area contributed by atoms with Crippen LogP contribution < -0.4 is 16.4 Å². The summed E-state index contributed by atoms with van der Waals surface area (Å²) in [6.07, 6.45) is 2.25. The SMILES string of the molecule is NC(=O)Cc1cc2c(cc1Cl)CN(C(=O)CCC1(C3CC3)NC(=O)NC1=O)C2. The average molecular weight is 405 g/mol. The number of hydrogen-bond donors (Lipinski definition) is 3. The maximum Gasteiger partial charge on any atom is 0.322 e. The monoisotopic (exact) mass is 404 g/mol. The Morgan fingerprint density at radius 1 is 1.21 bits per heavy atom. The molecule has 0 aromatic heterocycles. The number of urea groups is 1. The molecule has 1 aliphatic carbocycles. The highest BCUT2D eigenvalue weighted by molar-refractivity contribution is 6.31. The lowest BCUT2D eigenvalue weighted by Gasteiger charge is -2.26. The number of nitrogens with zero attached hydrogens (tertiary/aromatic N) is 1. The summed E-state index contributed by atoms with van der Waals surface area (Å²) in [7, 11) is 0. The van der Waals surface area contributed by atoms with Gasteiger partial charge in [-0.3, -0.25) is 19.7 Å². The van der Waals surface area contributed by atoms with Gasteiger partial charge in [0.15, 0.2) is 0 Å². The lowest BCUT2D eigenvalue weighted by Crippen LogP contribution is -2.49. The van der Waals surface area contributed by atoms with Crippen LogP contribution in [0.2, 0.25) is 5.02 Å². The van der Waals surface area contributed by atoms with E-state index >= 15 is 0 Å². The van der Waals surface area contributed by atoms with Gasteiger partial charge < -0.3 is 16.0 Å². The van der Waals surface area contributed by atoms with Gasteiger partial charge in [-0.2, -0.15) is 0 Å². The van der Waals surface area contributed by atoms with Crippen molar-refractivity contribution in [2.45, 2.75) is 50.7 Å². The average Bonchev–Trinajstić information content (AvgIpc) is 3.33. The van der Waals surface area contributed by atoms with Gasteiger partial charge in [-0.25, -0.2) is 4.79 Å². The number of imide groups is 1. The number of amides is 5. The van der Waals surface area contributed by atoms with Crippen molar-refractivity contribution in [3.8, 4) is 0 Å².